The molecule has 2 rings (SSSR count). The quantitative estimate of drug-likeness (QED) is 0.764. The monoisotopic (exact) mass is 339 g/mol. The van der Waals surface area contributed by atoms with E-state index in [0.29, 0.717) is 27.7 Å². The predicted octanol–water partition coefficient (Wildman–Crippen LogP) is 4.89. The van der Waals surface area contributed by atoms with Gasteiger partial charge in [-0.25, -0.2) is 8.78 Å². The zero-order valence-corrected chi connectivity index (χ0v) is 12.8. The van der Waals surface area contributed by atoms with Crippen LogP contribution in [-0.2, 0) is 6.54 Å². The van der Waals surface area contributed by atoms with Gasteiger partial charge in [0.2, 0.25) is 0 Å². The molecule has 0 fully saturated rings. The van der Waals surface area contributed by atoms with Crippen molar-refractivity contribution in [1.82, 2.24) is 5.32 Å². The fraction of sp³-hybridized carbons (Fsp3) is 0.250. The van der Waals surface area contributed by atoms with Gasteiger partial charge in [-0.05, 0) is 46.6 Å². The lowest BCUT2D eigenvalue weighted by Crippen LogP contribution is -2.14. The maximum Gasteiger partial charge on any atom is 0.145 e. The highest BCUT2D eigenvalue weighted by Gasteiger charge is 2.10. The van der Waals surface area contributed by atoms with Crippen LogP contribution in [0.3, 0.4) is 0 Å². The molecule has 0 spiro atoms. The minimum Gasteiger partial charge on any atom is -0.313 e. The van der Waals surface area contributed by atoms with E-state index >= 15 is 0 Å². The van der Waals surface area contributed by atoms with Gasteiger partial charge in [-0.2, -0.15) is 0 Å². The Balaban J connectivity index is 2.26. The molecule has 106 valence electrons. The normalized spacial score (nSPS) is 10.8. The molecule has 0 atom stereocenters. The van der Waals surface area contributed by atoms with Crippen molar-refractivity contribution in [3.63, 3.8) is 0 Å². The van der Waals surface area contributed by atoms with Crippen molar-refractivity contribution in [3.8, 4) is 11.1 Å². The van der Waals surface area contributed by atoms with Gasteiger partial charge in [-0.3, -0.25) is 0 Å². The van der Waals surface area contributed by atoms with Crippen molar-refractivity contribution in [1.29, 1.82) is 0 Å². The van der Waals surface area contributed by atoms with E-state index in [1.165, 1.54) is 6.07 Å². The number of rotatable bonds is 5. The first-order chi connectivity index (χ1) is 9.63. The Morgan fingerprint density at radius 2 is 1.95 bits per heavy atom. The van der Waals surface area contributed by atoms with Crippen LogP contribution in [0.5, 0.6) is 0 Å². The van der Waals surface area contributed by atoms with E-state index in [9.17, 15) is 8.78 Å². The lowest BCUT2D eigenvalue weighted by molar-refractivity contribution is 0.586. The first-order valence-corrected chi connectivity index (χ1v) is 7.36. The molecule has 0 aromatic heterocycles. The van der Waals surface area contributed by atoms with Crippen molar-refractivity contribution in [2.24, 2.45) is 0 Å². The Bertz CT molecular complexity index is 599. The molecule has 20 heavy (non-hydrogen) atoms. The first kappa shape index (κ1) is 15.1. The molecule has 0 saturated carbocycles. The average Bonchev–Trinajstić information content (AvgIpc) is 2.44. The number of benzene rings is 2. The Labute approximate surface area is 126 Å². The molecule has 2 aromatic carbocycles. The second kappa shape index (κ2) is 6.95. The number of nitrogens with one attached hydrogen (secondary N) is 1. The summed E-state index contributed by atoms with van der Waals surface area (Å²) in [4.78, 5) is 0. The molecule has 1 nitrogen and oxygen atoms in total. The topological polar surface area (TPSA) is 12.0 Å². The fourth-order valence-corrected chi connectivity index (χ4v) is 2.35. The van der Waals surface area contributed by atoms with Crippen molar-refractivity contribution in [3.05, 3.63) is 58.1 Å². The summed E-state index contributed by atoms with van der Waals surface area (Å²) in [6.45, 7) is 3.39. The van der Waals surface area contributed by atoms with Crippen LogP contribution in [0.25, 0.3) is 11.1 Å². The van der Waals surface area contributed by atoms with Crippen LogP contribution in [0.4, 0.5) is 8.78 Å². The van der Waals surface area contributed by atoms with Gasteiger partial charge < -0.3 is 5.32 Å². The van der Waals surface area contributed by atoms with Gasteiger partial charge in [0.15, 0.2) is 0 Å². The Morgan fingerprint density at radius 3 is 2.65 bits per heavy atom. The van der Waals surface area contributed by atoms with E-state index in [4.69, 9.17) is 0 Å². The van der Waals surface area contributed by atoms with Gasteiger partial charge >= 0.3 is 0 Å². The van der Waals surface area contributed by atoms with Crippen LogP contribution < -0.4 is 5.32 Å². The maximum atomic E-state index is 14.0. The molecule has 0 heterocycles. The summed E-state index contributed by atoms with van der Waals surface area (Å²) in [6, 6.07) is 9.83. The summed E-state index contributed by atoms with van der Waals surface area (Å²) < 4.78 is 28.4. The number of halogens is 3. The summed E-state index contributed by atoms with van der Waals surface area (Å²) >= 11 is 3.14. The minimum atomic E-state index is -0.372. The molecule has 0 aliphatic carbocycles. The molecular weight excluding hydrogens is 324 g/mol. The highest BCUT2D eigenvalue weighted by atomic mass is 79.9. The molecule has 0 unspecified atom stereocenters. The van der Waals surface area contributed by atoms with Crippen LogP contribution in [0.15, 0.2) is 40.9 Å². The van der Waals surface area contributed by atoms with Crippen molar-refractivity contribution in [2.45, 2.75) is 19.9 Å². The minimum absolute atomic E-state index is 0.314. The smallest absolute Gasteiger partial charge is 0.145 e. The zero-order chi connectivity index (χ0) is 14.5. The van der Waals surface area contributed by atoms with Crippen molar-refractivity contribution < 1.29 is 8.78 Å². The summed E-state index contributed by atoms with van der Waals surface area (Å²) in [5.74, 6) is -0.686. The summed E-state index contributed by atoms with van der Waals surface area (Å²) in [5, 5.41) is 3.15. The number of hydrogen-bond acceptors (Lipinski definition) is 1. The second-order valence-corrected chi connectivity index (χ2v) is 5.44. The molecule has 1 N–H and O–H groups in total. The van der Waals surface area contributed by atoms with E-state index in [1.807, 2.05) is 0 Å². The Morgan fingerprint density at radius 1 is 1.15 bits per heavy atom. The molecular formula is C16H16BrF2N. The van der Waals surface area contributed by atoms with Crippen LogP contribution >= 0.6 is 15.9 Å². The fourth-order valence-electron chi connectivity index (χ4n) is 1.98. The maximum absolute atomic E-state index is 14.0. The summed E-state index contributed by atoms with van der Waals surface area (Å²) in [5.41, 5.74) is 1.53. The average molecular weight is 340 g/mol. The van der Waals surface area contributed by atoms with Gasteiger partial charge in [0, 0.05) is 17.7 Å². The van der Waals surface area contributed by atoms with Crippen LogP contribution in [0, 0.1) is 11.6 Å². The van der Waals surface area contributed by atoms with Crippen LogP contribution in [-0.4, -0.2) is 6.54 Å². The number of hydrogen-bond donors (Lipinski definition) is 1. The molecule has 0 amide bonds. The third-order valence-electron chi connectivity index (χ3n) is 3.06. The molecule has 2 aromatic rings. The van der Waals surface area contributed by atoms with E-state index in [1.54, 1.807) is 30.3 Å². The lowest BCUT2D eigenvalue weighted by Gasteiger charge is -2.09. The SMILES string of the molecule is CCCNCc1ccc(-c2cccc(Br)c2F)cc1F. The van der Waals surface area contributed by atoms with Crippen molar-refractivity contribution in [2.75, 3.05) is 6.54 Å². The molecule has 0 aliphatic heterocycles. The predicted molar refractivity (Wildman–Crippen MR) is 81.5 cm³/mol. The van der Waals surface area contributed by atoms with E-state index in [-0.39, 0.29) is 11.6 Å². The lowest BCUT2D eigenvalue weighted by atomic mass is 10.0. The Hall–Kier alpha value is -1.26. The van der Waals surface area contributed by atoms with Gasteiger partial charge in [-0.15, -0.1) is 0 Å². The third kappa shape index (κ3) is 3.44. The van der Waals surface area contributed by atoms with Gasteiger partial charge in [0.05, 0.1) is 4.47 Å². The van der Waals surface area contributed by atoms with E-state index in [2.05, 4.69) is 28.2 Å². The molecule has 0 bridgehead atoms. The molecule has 4 heteroatoms. The molecule has 0 saturated heterocycles. The highest BCUT2D eigenvalue weighted by Crippen LogP contribution is 2.28. The molecule has 0 aliphatic rings. The standard InChI is InChI=1S/C16H16BrF2N/c1-2-8-20-10-12-7-6-11(9-15(12)18)13-4-3-5-14(17)16(13)19/h3-7,9,20H,2,8,10H2,1H3. The van der Waals surface area contributed by atoms with Crippen LogP contribution in [0.1, 0.15) is 18.9 Å². The van der Waals surface area contributed by atoms with Gasteiger partial charge in [0.25, 0.3) is 0 Å². The Kier molecular flexibility index (Phi) is 5.26. The highest BCUT2D eigenvalue weighted by molar-refractivity contribution is 9.10. The zero-order valence-electron chi connectivity index (χ0n) is 11.2. The largest absolute Gasteiger partial charge is 0.313 e. The molecule has 0 radical (unpaired) electrons. The van der Waals surface area contributed by atoms with Crippen molar-refractivity contribution >= 4 is 15.9 Å². The third-order valence-corrected chi connectivity index (χ3v) is 3.67. The summed E-state index contributed by atoms with van der Waals surface area (Å²) in [7, 11) is 0. The first-order valence-electron chi connectivity index (χ1n) is 6.57. The second-order valence-electron chi connectivity index (χ2n) is 4.58. The van der Waals surface area contributed by atoms with E-state index < -0.39 is 0 Å². The van der Waals surface area contributed by atoms with Gasteiger partial charge in [-0.1, -0.05) is 31.2 Å². The van der Waals surface area contributed by atoms with Gasteiger partial charge in [0.1, 0.15) is 11.6 Å². The van der Waals surface area contributed by atoms with E-state index in [0.717, 1.165) is 13.0 Å². The van der Waals surface area contributed by atoms with Crippen LogP contribution in [0.2, 0.25) is 0 Å². The summed E-state index contributed by atoms with van der Waals surface area (Å²) in [6.07, 6.45) is 1.00.